The van der Waals surface area contributed by atoms with Gasteiger partial charge in [0.2, 0.25) is 0 Å². The number of hydrazone groups is 1. The standard InChI is InChI=1S/C15H14N4O5/c1-2-24-13-7-10(6-12(14(13)20)19(22)23)8-17-18-15(21)11-4-3-5-16-9-11/h3-9,20H,2H2,1H3,(H,18,21)/p-1. The third-order valence-electron chi connectivity index (χ3n) is 2.86. The second kappa shape index (κ2) is 7.68. The van der Waals surface area contributed by atoms with E-state index >= 15 is 0 Å². The number of rotatable bonds is 6. The molecule has 2 rings (SSSR count). The van der Waals surface area contributed by atoms with Crippen LogP contribution in [0.3, 0.4) is 0 Å². The molecule has 0 saturated carbocycles. The van der Waals surface area contributed by atoms with Crippen LogP contribution in [0.15, 0.2) is 41.8 Å². The van der Waals surface area contributed by atoms with E-state index in [0.717, 1.165) is 6.07 Å². The molecular formula is C15H13N4O5-. The maximum atomic E-state index is 11.8. The highest BCUT2D eigenvalue weighted by atomic mass is 16.6. The smallest absolute Gasteiger partial charge is 0.272 e. The van der Waals surface area contributed by atoms with Crippen LogP contribution in [-0.4, -0.2) is 28.6 Å². The number of benzene rings is 1. The molecule has 0 aliphatic heterocycles. The lowest BCUT2D eigenvalue weighted by Crippen LogP contribution is -2.17. The van der Waals surface area contributed by atoms with Crippen LogP contribution >= 0.6 is 0 Å². The van der Waals surface area contributed by atoms with Crippen LogP contribution < -0.4 is 15.3 Å². The van der Waals surface area contributed by atoms with Crippen LogP contribution in [0.1, 0.15) is 22.8 Å². The lowest BCUT2D eigenvalue weighted by Gasteiger charge is -2.14. The summed E-state index contributed by atoms with van der Waals surface area (Å²) in [5, 5.41) is 26.5. The molecule has 0 aliphatic carbocycles. The van der Waals surface area contributed by atoms with Crippen molar-refractivity contribution in [3.05, 3.63) is 57.9 Å². The van der Waals surface area contributed by atoms with Gasteiger partial charge in [0.05, 0.1) is 23.3 Å². The molecule has 0 bridgehead atoms. The van der Waals surface area contributed by atoms with Gasteiger partial charge in [0, 0.05) is 29.8 Å². The lowest BCUT2D eigenvalue weighted by molar-refractivity contribution is -0.398. The molecule has 0 saturated heterocycles. The minimum Gasteiger partial charge on any atom is -0.865 e. The Balaban J connectivity index is 2.19. The SMILES string of the molecule is CCOc1cc(C=NNC(=O)c2cccnc2)cc([N+](=O)[O-])c1[O-]. The first-order valence-electron chi connectivity index (χ1n) is 6.88. The Bertz CT molecular complexity index is 777. The van der Waals surface area contributed by atoms with Gasteiger partial charge in [0.25, 0.3) is 11.6 Å². The Morgan fingerprint density at radius 1 is 1.50 bits per heavy atom. The van der Waals surface area contributed by atoms with Crippen molar-refractivity contribution in [1.29, 1.82) is 0 Å². The molecule has 1 amide bonds. The summed E-state index contributed by atoms with van der Waals surface area (Å²) in [6.07, 6.45) is 4.08. The van der Waals surface area contributed by atoms with Crippen LogP contribution in [0.25, 0.3) is 0 Å². The minimum absolute atomic E-state index is 0.147. The largest absolute Gasteiger partial charge is 0.865 e. The first-order valence-corrected chi connectivity index (χ1v) is 6.88. The molecule has 0 radical (unpaired) electrons. The van der Waals surface area contributed by atoms with E-state index in [9.17, 15) is 20.0 Å². The molecule has 0 aliphatic rings. The first-order chi connectivity index (χ1) is 11.5. The van der Waals surface area contributed by atoms with Gasteiger partial charge in [-0.1, -0.05) is 0 Å². The van der Waals surface area contributed by atoms with Gasteiger partial charge in [0.1, 0.15) is 5.75 Å². The number of pyridine rings is 1. The normalized spacial score (nSPS) is 10.5. The van der Waals surface area contributed by atoms with Gasteiger partial charge in [-0.2, -0.15) is 5.10 Å². The lowest BCUT2D eigenvalue weighted by atomic mass is 10.2. The molecule has 1 aromatic carbocycles. The fourth-order valence-electron chi connectivity index (χ4n) is 1.81. The fraction of sp³-hybridized carbons (Fsp3) is 0.133. The van der Waals surface area contributed by atoms with Crippen molar-refractivity contribution in [2.24, 2.45) is 5.10 Å². The number of nitrogens with zero attached hydrogens (tertiary/aromatic N) is 3. The zero-order chi connectivity index (χ0) is 17.5. The highest BCUT2D eigenvalue weighted by Gasteiger charge is 2.13. The van der Waals surface area contributed by atoms with Gasteiger partial charge >= 0.3 is 0 Å². The second-order valence-corrected chi connectivity index (χ2v) is 4.50. The van der Waals surface area contributed by atoms with Gasteiger partial charge in [-0.3, -0.25) is 19.9 Å². The molecule has 2 aromatic rings. The summed E-state index contributed by atoms with van der Waals surface area (Å²) in [4.78, 5) is 25.7. The molecular weight excluding hydrogens is 316 g/mol. The Morgan fingerprint density at radius 3 is 2.92 bits per heavy atom. The highest BCUT2D eigenvalue weighted by molar-refractivity contribution is 5.94. The number of hydrogen-bond donors (Lipinski definition) is 1. The predicted molar refractivity (Wildman–Crippen MR) is 83.0 cm³/mol. The molecule has 0 spiro atoms. The number of aromatic nitrogens is 1. The molecule has 1 heterocycles. The third kappa shape index (κ3) is 4.03. The fourth-order valence-corrected chi connectivity index (χ4v) is 1.81. The molecule has 9 nitrogen and oxygen atoms in total. The van der Waals surface area contributed by atoms with Gasteiger partial charge in [-0.05, 0) is 25.1 Å². The van der Waals surface area contributed by atoms with Crippen molar-refractivity contribution in [2.45, 2.75) is 6.92 Å². The number of hydrogen-bond acceptors (Lipinski definition) is 7. The molecule has 0 fully saturated rings. The molecule has 1 N–H and O–H groups in total. The average molecular weight is 329 g/mol. The highest BCUT2D eigenvalue weighted by Crippen LogP contribution is 2.34. The van der Waals surface area contributed by atoms with Crippen LogP contribution in [0.2, 0.25) is 0 Å². The number of nitrogens with one attached hydrogen (secondary N) is 1. The number of ether oxygens (including phenoxy) is 1. The Labute approximate surface area is 136 Å². The van der Waals surface area contributed by atoms with E-state index in [4.69, 9.17) is 4.74 Å². The first kappa shape index (κ1) is 16.9. The van der Waals surface area contributed by atoms with E-state index in [1.54, 1.807) is 19.1 Å². The van der Waals surface area contributed by atoms with E-state index in [0.29, 0.717) is 5.56 Å². The van der Waals surface area contributed by atoms with Crippen molar-refractivity contribution in [3.8, 4) is 11.5 Å². The van der Waals surface area contributed by atoms with Crippen molar-refractivity contribution in [3.63, 3.8) is 0 Å². The van der Waals surface area contributed by atoms with Gasteiger partial charge < -0.3 is 9.84 Å². The van der Waals surface area contributed by atoms with E-state index in [1.165, 1.54) is 24.7 Å². The number of amides is 1. The number of carbonyl (C=O) groups excluding carboxylic acids is 1. The zero-order valence-electron chi connectivity index (χ0n) is 12.6. The van der Waals surface area contributed by atoms with Crippen molar-refractivity contribution >= 4 is 17.8 Å². The third-order valence-corrected chi connectivity index (χ3v) is 2.86. The summed E-state index contributed by atoms with van der Waals surface area (Å²) < 4.78 is 5.09. The van der Waals surface area contributed by atoms with Crippen molar-refractivity contribution in [2.75, 3.05) is 6.61 Å². The maximum Gasteiger partial charge on any atom is 0.272 e. The zero-order valence-corrected chi connectivity index (χ0v) is 12.6. The van der Waals surface area contributed by atoms with E-state index in [2.05, 4.69) is 15.5 Å². The Hall–Kier alpha value is -3.49. The summed E-state index contributed by atoms with van der Waals surface area (Å²) in [6.45, 7) is 1.84. The summed E-state index contributed by atoms with van der Waals surface area (Å²) in [5.74, 6) is -1.44. The summed E-state index contributed by atoms with van der Waals surface area (Å²) >= 11 is 0. The maximum absolute atomic E-state index is 11.8. The molecule has 24 heavy (non-hydrogen) atoms. The number of nitro groups is 1. The van der Waals surface area contributed by atoms with Crippen LogP contribution in [0.5, 0.6) is 11.5 Å². The molecule has 9 heteroatoms. The Kier molecular flexibility index (Phi) is 5.40. The van der Waals surface area contributed by atoms with Crippen molar-refractivity contribution < 1.29 is 19.6 Å². The van der Waals surface area contributed by atoms with E-state index < -0.39 is 22.3 Å². The topological polar surface area (TPSA) is 130 Å². The predicted octanol–water partition coefficient (Wildman–Crippen LogP) is 1.23. The summed E-state index contributed by atoms with van der Waals surface area (Å²) in [6, 6.07) is 5.54. The molecule has 0 atom stereocenters. The summed E-state index contributed by atoms with van der Waals surface area (Å²) in [7, 11) is 0. The molecule has 1 aromatic heterocycles. The van der Waals surface area contributed by atoms with Crippen LogP contribution in [-0.2, 0) is 0 Å². The van der Waals surface area contributed by atoms with Gasteiger partial charge in [-0.25, -0.2) is 5.43 Å². The number of nitro benzene ring substituents is 1. The average Bonchev–Trinajstić information content (AvgIpc) is 2.58. The van der Waals surface area contributed by atoms with Gasteiger partial charge in [0.15, 0.2) is 0 Å². The quantitative estimate of drug-likeness (QED) is 0.482. The molecule has 124 valence electrons. The summed E-state index contributed by atoms with van der Waals surface area (Å²) in [5.41, 5.74) is 2.20. The minimum atomic E-state index is -0.807. The molecule has 0 unspecified atom stereocenters. The van der Waals surface area contributed by atoms with Crippen LogP contribution in [0.4, 0.5) is 5.69 Å². The number of carbonyl (C=O) groups is 1. The van der Waals surface area contributed by atoms with Gasteiger partial charge in [-0.15, -0.1) is 0 Å². The van der Waals surface area contributed by atoms with E-state index in [1.807, 2.05) is 0 Å². The van der Waals surface area contributed by atoms with Crippen LogP contribution in [0, 0.1) is 10.1 Å². The second-order valence-electron chi connectivity index (χ2n) is 4.50. The Morgan fingerprint density at radius 2 is 2.29 bits per heavy atom. The monoisotopic (exact) mass is 329 g/mol. The van der Waals surface area contributed by atoms with Crippen molar-refractivity contribution in [1.82, 2.24) is 10.4 Å². The van der Waals surface area contributed by atoms with E-state index in [-0.39, 0.29) is 17.9 Å².